The molecule has 2 fully saturated rings. The molecule has 12 heteroatoms. The Morgan fingerprint density at radius 1 is 0.493 bits per heavy atom. The number of rotatable bonds is 24. The molecule has 12 nitrogen and oxygen atoms in total. The van der Waals surface area contributed by atoms with Crippen molar-refractivity contribution >= 4 is 34.9 Å². The molecule has 0 radical (unpaired) electrons. The number of carbonyl (C=O) groups excluding carboxylic acids is 4. The van der Waals surface area contributed by atoms with Crippen LogP contribution in [0.1, 0.15) is 77.8 Å². The molecule has 0 saturated carbocycles. The quantitative estimate of drug-likeness (QED) is 0.0405. The number of ketones is 2. The number of anilines is 2. The van der Waals surface area contributed by atoms with Crippen LogP contribution in [0.25, 0.3) is 0 Å². The lowest BCUT2D eigenvalue weighted by Gasteiger charge is -2.38. The summed E-state index contributed by atoms with van der Waals surface area (Å²) in [6, 6.07) is 36.5. The highest BCUT2D eigenvalue weighted by Gasteiger charge is 2.41. The molecule has 2 aliphatic heterocycles. The van der Waals surface area contributed by atoms with Crippen LogP contribution < -0.4 is 9.80 Å². The lowest BCUT2D eigenvalue weighted by molar-refractivity contribution is -0.146. The van der Waals surface area contributed by atoms with E-state index in [-0.39, 0.29) is 36.7 Å². The number of hydrogen-bond acceptors (Lipinski definition) is 12. The minimum Gasteiger partial charge on any atom is -0.466 e. The number of likely N-dealkylation sites (N-methyl/N-ethyl adjacent to an activating group) is 2. The standard InChI is InChI=1S/C55H74N6O6/c1-7-54(56(3)4,42-44-16-11-9-12-17-44)52(64)46-20-24-48(25-21-46)60-36-32-58(33-37-60)30-28-50(62)66-40-15-41-67-51(63)29-31-59-34-38-61(39-35-59)49-26-22-47(23-27-49)53(65)55(8-2,57(5)6)43-45-18-13-10-14-19-45/h9-14,16-27H,7-8,15,28-43H2,1-6H3. The maximum Gasteiger partial charge on any atom is 0.307 e. The predicted molar refractivity (Wildman–Crippen MR) is 268 cm³/mol. The van der Waals surface area contributed by atoms with E-state index in [9.17, 15) is 19.2 Å². The first-order valence-corrected chi connectivity index (χ1v) is 24.4. The zero-order valence-corrected chi connectivity index (χ0v) is 41.0. The first kappa shape index (κ1) is 51.0. The molecule has 4 aromatic carbocycles. The van der Waals surface area contributed by atoms with E-state index in [2.05, 4.69) is 91.8 Å². The van der Waals surface area contributed by atoms with Crippen LogP contribution in [0.2, 0.25) is 0 Å². The summed E-state index contributed by atoms with van der Waals surface area (Å²) < 4.78 is 10.9. The van der Waals surface area contributed by atoms with Gasteiger partial charge in [0.1, 0.15) is 0 Å². The smallest absolute Gasteiger partial charge is 0.307 e. The van der Waals surface area contributed by atoms with E-state index >= 15 is 0 Å². The fourth-order valence-corrected chi connectivity index (χ4v) is 9.67. The summed E-state index contributed by atoms with van der Waals surface area (Å²) in [4.78, 5) is 66.4. The van der Waals surface area contributed by atoms with Crippen LogP contribution in [0.5, 0.6) is 0 Å². The van der Waals surface area contributed by atoms with Crippen molar-refractivity contribution in [3.63, 3.8) is 0 Å². The van der Waals surface area contributed by atoms with Crippen LogP contribution in [0.15, 0.2) is 109 Å². The summed E-state index contributed by atoms with van der Waals surface area (Å²) in [7, 11) is 7.97. The van der Waals surface area contributed by atoms with E-state index in [1.807, 2.05) is 88.9 Å². The number of hydrogen-bond donors (Lipinski definition) is 0. The predicted octanol–water partition coefficient (Wildman–Crippen LogP) is 7.16. The van der Waals surface area contributed by atoms with Crippen molar-refractivity contribution in [2.45, 2.75) is 69.9 Å². The fourth-order valence-electron chi connectivity index (χ4n) is 9.67. The normalized spacial score (nSPS) is 16.7. The van der Waals surface area contributed by atoms with Crippen molar-refractivity contribution in [3.8, 4) is 0 Å². The molecule has 2 heterocycles. The van der Waals surface area contributed by atoms with E-state index in [1.54, 1.807) is 0 Å². The SMILES string of the molecule is CCC(Cc1ccccc1)(C(=O)c1ccc(N2CCN(CCC(=O)OCCCOC(=O)CCN3CCN(c4ccc(C(=O)C(CC)(Cc5ccccc5)N(C)C)cc4)CC3)CC2)cc1)N(C)C. The number of Topliss-reactive ketones (excluding diaryl/α,β-unsaturated/α-hetero) is 2. The van der Waals surface area contributed by atoms with E-state index in [1.165, 1.54) is 0 Å². The summed E-state index contributed by atoms with van der Waals surface area (Å²) in [6.45, 7) is 12.6. The molecule has 0 N–H and O–H groups in total. The third kappa shape index (κ3) is 13.4. The Morgan fingerprint density at radius 3 is 1.15 bits per heavy atom. The Balaban J connectivity index is 0.818. The van der Waals surface area contributed by atoms with Gasteiger partial charge in [-0.2, -0.15) is 0 Å². The molecule has 0 spiro atoms. The summed E-state index contributed by atoms with van der Waals surface area (Å²) >= 11 is 0. The van der Waals surface area contributed by atoms with Crippen LogP contribution in [-0.2, 0) is 31.9 Å². The molecule has 2 unspecified atom stereocenters. The van der Waals surface area contributed by atoms with E-state index in [4.69, 9.17) is 9.47 Å². The maximum absolute atomic E-state index is 14.0. The van der Waals surface area contributed by atoms with Gasteiger partial charge in [-0.15, -0.1) is 0 Å². The molecule has 0 aromatic heterocycles. The Kier molecular flexibility index (Phi) is 18.7. The van der Waals surface area contributed by atoms with Crippen molar-refractivity contribution in [1.29, 1.82) is 0 Å². The van der Waals surface area contributed by atoms with Crippen LogP contribution in [0.3, 0.4) is 0 Å². The molecule has 0 aliphatic carbocycles. The van der Waals surface area contributed by atoms with Gasteiger partial charge in [0, 0.05) is 94.4 Å². The average molecular weight is 915 g/mol. The molecule has 2 saturated heterocycles. The highest BCUT2D eigenvalue weighted by atomic mass is 16.5. The molecule has 4 aromatic rings. The number of carbonyl (C=O) groups is 4. The Morgan fingerprint density at radius 2 is 0.836 bits per heavy atom. The molecule has 0 amide bonds. The first-order chi connectivity index (χ1) is 32.4. The van der Waals surface area contributed by atoms with Gasteiger partial charge in [-0.25, -0.2) is 0 Å². The van der Waals surface area contributed by atoms with E-state index < -0.39 is 11.1 Å². The van der Waals surface area contributed by atoms with Crippen molar-refractivity contribution in [1.82, 2.24) is 19.6 Å². The molecule has 2 aliphatic rings. The van der Waals surface area contributed by atoms with Gasteiger partial charge in [0.25, 0.3) is 0 Å². The van der Waals surface area contributed by atoms with Crippen LogP contribution in [-0.4, -0.2) is 161 Å². The minimum absolute atomic E-state index is 0.139. The lowest BCUT2D eigenvalue weighted by atomic mass is 9.80. The van der Waals surface area contributed by atoms with E-state index in [0.29, 0.717) is 58.0 Å². The van der Waals surface area contributed by atoms with Crippen molar-refractivity contribution < 1.29 is 28.7 Å². The molecule has 6 rings (SSSR count). The number of esters is 2. The zero-order chi connectivity index (χ0) is 47.8. The topological polar surface area (TPSA) is 106 Å². The summed E-state index contributed by atoms with van der Waals surface area (Å²) in [5, 5.41) is 0. The third-order valence-electron chi connectivity index (χ3n) is 14.2. The largest absolute Gasteiger partial charge is 0.466 e. The maximum atomic E-state index is 14.0. The molecular formula is C55H74N6O6. The van der Waals surface area contributed by atoms with Gasteiger partial charge in [0.2, 0.25) is 0 Å². The van der Waals surface area contributed by atoms with Crippen molar-refractivity contribution in [3.05, 3.63) is 131 Å². The molecule has 2 atom stereocenters. The van der Waals surface area contributed by atoms with Gasteiger partial charge in [-0.1, -0.05) is 74.5 Å². The molecule has 0 bridgehead atoms. The summed E-state index contributed by atoms with van der Waals surface area (Å²) in [6.07, 6.45) is 3.82. The second kappa shape index (κ2) is 24.6. The Labute approximate surface area is 399 Å². The van der Waals surface area contributed by atoms with Crippen molar-refractivity contribution in [2.24, 2.45) is 0 Å². The number of piperazine rings is 2. The Bertz CT molecular complexity index is 2020. The van der Waals surface area contributed by atoms with Crippen LogP contribution in [0, 0.1) is 0 Å². The monoisotopic (exact) mass is 915 g/mol. The third-order valence-corrected chi connectivity index (χ3v) is 14.2. The fraction of sp³-hybridized carbons (Fsp3) is 0.491. The number of nitrogens with zero attached hydrogens (tertiary/aromatic N) is 6. The van der Waals surface area contributed by atoms with Crippen LogP contribution in [0.4, 0.5) is 11.4 Å². The number of ether oxygens (including phenoxy) is 2. The van der Waals surface area contributed by atoms with Crippen molar-refractivity contribution in [2.75, 3.05) is 117 Å². The van der Waals surface area contributed by atoms with E-state index in [0.717, 1.165) is 86.0 Å². The van der Waals surface area contributed by atoms with Crippen LogP contribution >= 0.6 is 0 Å². The molecule has 67 heavy (non-hydrogen) atoms. The Hall–Kier alpha value is -5.40. The first-order valence-electron chi connectivity index (χ1n) is 24.4. The molecular weight excluding hydrogens is 841 g/mol. The second-order valence-corrected chi connectivity index (χ2v) is 18.6. The summed E-state index contributed by atoms with van der Waals surface area (Å²) in [5.41, 5.74) is 4.69. The van der Waals surface area contributed by atoms with Gasteiger partial charge in [-0.3, -0.25) is 38.8 Å². The number of benzene rings is 4. The minimum atomic E-state index is -0.621. The molecule has 360 valence electrons. The lowest BCUT2D eigenvalue weighted by Crippen LogP contribution is -2.52. The second-order valence-electron chi connectivity index (χ2n) is 18.6. The van der Waals surface area contributed by atoms with Gasteiger partial charge in [0.15, 0.2) is 11.6 Å². The summed E-state index contributed by atoms with van der Waals surface area (Å²) in [5.74, 6) is -0.209. The average Bonchev–Trinajstić information content (AvgIpc) is 3.36. The van der Waals surface area contributed by atoms with Gasteiger partial charge in [-0.05, 0) is 114 Å². The van der Waals surface area contributed by atoms with Gasteiger partial charge >= 0.3 is 11.9 Å². The van der Waals surface area contributed by atoms with Gasteiger partial charge < -0.3 is 19.3 Å². The zero-order valence-electron chi connectivity index (χ0n) is 41.0. The highest BCUT2D eigenvalue weighted by molar-refractivity contribution is 6.04. The van der Waals surface area contributed by atoms with Gasteiger partial charge in [0.05, 0.1) is 37.1 Å². The highest BCUT2D eigenvalue weighted by Crippen LogP contribution is 2.31.